The van der Waals surface area contributed by atoms with E-state index in [0.29, 0.717) is 50.1 Å². The number of benzene rings is 2. The van der Waals surface area contributed by atoms with Gasteiger partial charge in [-0.2, -0.15) is 4.31 Å². The van der Waals surface area contributed by atoms with Gasteiger partial charge in [-0.1, -0.05) is 41.6 Å². The minimum absolute atomic E-state index is 0.0779. The molecule has 0 aliphatic carbocycles. The Labute approximate surface area is 198 Å². The molecule has 2 heterocycles. The van der Waals surface area contributed by atoms with E-state index in [4.69, 9.17) is 4.74 Å². The summed E-state index contributed by atoms with van der Waals surface area (Å²) in [5.74, 6) is 0.152. The predicted molar refractivity (Wildman–Crippen MR) is 129 cm³/mol. The lowest BCUT2D eigenvalue weighted by atomic mass is 10.1. The number of aromatic nitrogens is 2. The Morgan fingerprint density at radius 2 is 1.88 bits per heavy atom. The van der Waals surface area contributed by atoms with E-state index in [2.05, 4.69) is 10.3 Å². The molecule has 1 aromatic heterocycles. The smallest absolute Gasteiger partial charge is 0.243 e. The van der Waals surface area contributed by atoms with Crippen LogP contribution >= 0.6 is 11.8 Å². The van der Waals surface area contributed by atoms with Crippen molar-refractivity contribution in [3.63, 3.8) is 0 Å². The van der Waals surface area contributed by atoms with Gasteiger partial charge in [0.25, 0.3) is 0 Å². The average molecular weight is 489 g/mol. The molecule has 1 fully saturated rings. The Balaban J connectivity index is 1.46. The molecule has 0 unspecified atom stereocenters. The van der Waals surface area contributed by atoms with E-state index in [0.717, 1.165) is 11.1 Å². The minimum atomic E-state index is -3.59. The van der Waals surface area contributed by atoms with E-state index in [9.17, 15) is 13.2 Å². The maximum atomic E-state index is 13.0. The van der Waals surface area contributed by atoms with Crippen LogP contribution < -0.4 is 5.32 Å². The van der Waals surface area contributed by atoms with Crippen LogP contribution in [0.25, 0.3) is 11.0 Å². The number of thioether (sulfide) groups is 1. The summed E-state index contributed by atoms with van der Waals surface area (Å²) in [5.41, 5.74) is 3.68. The fourth-order valence-corrected chi connectivity index (χ4v) is 6.02. The number of hydrogen-bond donors (Lipinski definition) is 1. The average Bonchev–Trinajstić information content (AvgIpc) is 3.19. The normalized spacial score (nSPS) is 15.1. The number of carbonyl (C=O) groups is 1. The number of aryl methyl sites for hydroxylation is 2. The van der Waals surface area contributed by atoms with Gasteiger partial charge in [0.05, 0.1) is 34.9 Å². The van der Waals surface area contributed by atoms with Crippen LogP contribution in [-0.4, -0.2) is 60.2 Å². The molecule has 8 nitrogen and oxygen atoms in total. The van der Waals surface area contributed by atoms with Gasteiger partial charge in [0.1, 0.15) is 0 Å². The number of imidazole rings is 1. The monoisotopic (exact) mass is 488 g/mol. The lowest BCUT2D eigenvalue weighted by Crippen LogP contribution is -2.40. The van der Waals surface area contributed by atoms with Crippen molar-refractivity contribution in [2.24, 2.45) is 0 Å². The molecule has 0 spiro atoms. The Hall–Kier alpha value is -2.40. The molecule has 0 bridgehead atoms. The fourth-order valence-electron chi connectivity index (χ4n) is 3.69. The van der Waals surface area contributed by atoms with E-state index in [-0.39, 0.29) is 16.6 Å². The first-order valence-electron chi connectivity index (χ1n) is 10.9. The van der Waals surface area contributed by atoms with Crippen molar-refractivity contribution in [3.05, 3.63) is 53.6 Å². The highest BCUT2D eigenvalue weighted by molar-refractivity contribution is 7.99. The maximum absolute atomic E-state index is 13.0. The van der Waals surface area contributed by atoms with Crippen LogP contribution in [0.1, 0.15) is 18.1 Å². The van der Waals surface area contributed by atoms with Gasteiger partial charge in [0.15, 0.2) is 5.16 Å². The van der Waals surface area contributed by atoms with Crippen molar-refractivity contribution in [3.8, 4) is 0 Å². The zero-order valence-electron chi connectivity index (χ0n) is 18.8. The highest BCUT2D eigenvalue weighted by Gasteiger charge is 2.27. The first-order chi connectivity index (χ1) is 15.9. The third-order valence-corrected chi connectivity index (χ3v) is 8.42. The van der Waals surface area contributed by atoms with E-state index in [1.54, 1.807) is 18.2 Å². The molecule has 1 saturated heterocycles. The van der Waals surface area contributed by atoms with Crippen molar-refractivity contribution in [1.82, 2.24) is 19.2 Å². The molecule has 2 aromatic carbocycles. The van der Waals surface area contributed by atoms with Crippen molar-refractivity contribution >= 4 is 38.7 Å². The van der Waals surface area contributed by atoms with Crippen LogP contribution in [-0.2, 0) is 32.6 Å². The van der Waals surface area contributed by atoms with Crippen LogP contribution in [0.3, 0.4) is 0 Å². The Morgan fingerprint density at radius 1 is 1.15 bits per heavy atom. The van der Waals surface area contributed by atoms with Crippen molar-refractivity contribution in [2.45, 2.75) is 37.0 Å². The van der Waals surface area contributed by atoms with Gasteiger partial charge in [-0.3, -0.25) is 4.79 Å². The Morgan fingerprint density at radius 3 is 2.58 bits per heavy atom. The van der Waals surface area contributed by atoms with E-state index < -0.39 is 10.0 Å². The number of carbonyl (C=O) groups excluding carboxylic acids is 1. The van der Waals surface area contributed by atoms with E-state index in [1.807, 2.05) is 42.7 Å². The minimum Gasteiger partial charge on any atom is -0.379 e. The number of morpholine rings is 1. The quantitative estimate of drug-likeness (QED) is 0.490. The molecule has 33 heavy (non-hydrogen) atoms. The topological polar surface area (TPSA) is 93.5 Å². The number of nitrogens with zero attached hydrogens (tertiary/aromatic N) is 3. The first kappa shape index (κ1) is 23.7. The Kier molecular flexibility index (Phi) is 7.38. The van der Waals surface area contributed by atoms with Crippen LogP contribution in [0.15, 0.2) is 52.5 Å². The second kappa shape index (κ2) is 10.3. The molecular weight excluding hydrogens is 460 g/mol. The summed E-state index contributed by atoms with van der Waals surface area (Å²) < 4.78 is 34.7. The largest absolute Gasteiger partial charge is 0.379 e. The summed E-state index contributed by atoms with van der Waals surface area (Å²) in [6, 6.07) is 13.1. The number of fused-ring (bicyclic) bond motifs is 1. The summed E-state index contributed by atoms with van der Waals surface area (Å²) in [5, 5.41) is 3.63. The van der Waals surface area contributed by atoms with Gasteiger partial charge >= 0.3 is 0 Å². The van der Waals surface area contributed by atoms with Gasteiger partial charge in [-0.05, 0) is 37.6 Å². The van der Waals surface area contributed by atoms with E-state index >= 15 is 0 Å². The number of hydrogen-bond acceptors (Lipinski definition) is 6. The third kappa shape index (κ3) is 5.40. The lowest BCUT2D eigenvalue weighted by Gasteiger charge is -2.26. The zero-order valence-corrected chi connectivity index (χ0v) is 20.4. The lowest BCUT2D eigenvalue weighted by molar-refractivity contribution is -0.118. The molecule has 1 aliphatic rings. The van der Waals surface area contributed by atoms with Gasteiger partial charge < -0.3 is 14.6 Å². The number of nitrogens with one attached hydrogen (secondary N) is 1. The molecule has 1 N–H and O–H groups in total. The SMILES string of the molecule is CCn1c(SCC(=O)NCc2ccc(C)cc2)nc2cc(S(=O)(=O)N3CCOCC3)ccc21. The molecule has 0 atom stereocenters. The summed E-state index contributed by atoms with van der Waals surface area (Å²) in [6.07, 6.45) is 0. The summed E-state index contributed by atoms with van der Waals surface area (Å²) >= 11 is 1.35. The highest BCUT2D eigenvalue weighted by atomic mass is 32.2. The molecule has 176 valence electrons. The van der Waals surface area contributed by atoms with Gasteiger partial charge in [0.2, 0.25) is 15.9 Å². The van der Waals surface area contributed by atoms with Crippen molar-refractivity contribution in [2.75, 3.05) is 32.1 Å². The molecule has 3 aromatic rings. The molecule has 4 rings (SSSR count). The molecular formula is C23H28N4O4S2. The number of ether oxygens (including phenoxy) is 1. The summed E-state index contributed by atoms with van der Waals surface area (Å²) in [7, 11) is -3.59. The van der Waals surface area contributed by atoms with Crippen molar-refractivity contribution in [1.29, 1.82) is 0 Å². The third-order valence-electron chi connectivity index (χ3n) is 5.55. The number of rotatable bonds is 8. The standard InChI is InChI=1S/C23H28N4O4S2/c1-3-27-21-9-8-19(33(29,30)26-10-12-31-13-11-26)14-20(21)25-23(27)32-16-22(28)24-15-18-6-4-17(2)5-7-18/h4-9,14H,3,10-13,15-16H2,1-2H3,(H,24,28). The molecule has 0 radical (unpaired) electrons. The molecule has 10 heteroatoms. The summed E-state index contributed by atoms with van der Waals surface area (Å²) in [4.78, 5) is 17.2. The molecule has 0 saturated carbocycles. The molecule has 1 amide bonds. The first-order valence-corrected chi connectivity index (χ1v) is 13.3. The zero-order chi connectivity index (χ0) is 23.4. The Bertz CT molecular complexity index is 1230. The number of sulfonamides is 1. The second-order valence-corrected chi connectivity index (χ2v) is 10.7. The van der Waals surface area contributed by atoms with Crippen LogP contribution in [0, 0.1) is 6.92 Å². The van der Waals surface area contributed by atoms with Crippen LogP contribution in [0.5, 0.6) is 0 Å². The van der Waals surface area contributed by atoms with Crippen LogP contribution in [0.2, 0.25) is 0 Å². The van der Waals surface area contributed by atoms with Crippen molar-refractivity contribution < 1.29 is 17.9 Å². The van der Waals surface area contributed by atoms with Gasteiger partial charge in [0, 0.05) is 26.2 Å². The van der Waals surface area contributed by atoms with E-state index in [1.165, 1.54) is 21.6 Å². The van der Waals surface area contributed by atoms with Gasteiger partial charge in [-0.25, -0.2) is 13.4 Å². The molecule has 1 aliphatic heterocycles. The highest BCUT2D eigenvalue weighted by Crippen LogP contribution is 2.27. The summed E-state index contributed by atoms with van der Waals surface area (Å²) in [6.45, 7) is 6.68. The fraction of sp³-hybridized carbons (Fsp3) is 0.391. The second-order valence-electron chi connectivity index (χ2n) is 7.86. The van der Waals surface area contributed by atoms with Crippen LogP contribution in [0.4, 0.5) is 0 Å². The van der Waals surface area contributed by atoms with Gasteiger partial charge in [-0.15, -0.1) is 0 Å². The number of amides is 1. The maximum Gasteiger partial charge on any atom is 0.243 e. The predicted octanol–water partition coefficient (Wildman–Crippen LogP) is 2.79.